The molecule has 2 aromatic carbocycles. The summed E-state index contributed by atoms with van der Waals surface area (Å²) in [6.45, 7) is 1.31. The number of furan rings is 1. The van der Waals surface area contributed by atoms with Crippen molar-refractivity contribution in [3.05, 3.63) is 84.3 Å². The zero-order valence-electron chi connectivity index (χ0n) is 12.6. The van der Waals surface area contributed by atoms with Crippen LogP contribution < -0.4 is 4.90 Å². The minimum atomic E-state index is 0.603. The van der Waals surface area contributed by atoms with Crippen LogP contribution in [0.5, 0.6) is 0 Å². The van der Waals surface area contributed by atoms with E-state index in [9.17, 15) is 0 Å². The highest BCUT2D eigenvalue weighted by Crippen LogP contribution is 2.24. The van der Waals surface area contributed by atoms with Crippen LogP contribution in [-0.2, 0) is 13.1 Å². The molecule has 0 unspecified atom stereocenters. The average molecular weight is 304 g/mol. The highest BCUT2D eigenvalue weighted by molar-refractivity contribution is 5.74. The quantitative estimate of drug-likeness (QED) is 0.539. The highest BCUT2D eigenvalue weighted by atomic mass is 16.4. The van der Waals surface area contributed by atoms with Crippen molar-refractivity contribution in [3.8, 4) is 0 Å². The van der Waals surface area contributed by atoms with E-state index in [4.69, 9.17) is 8.83 Å². The largest absolute Gasteiger partial charge is 0.467 e. The van der Waals surface area contributed by atoms with E-state index in [0.29, 0.717) is 19.1 Å². The Labute approximate surface area is 134 Å². The molecule has 0 saturated heterocycles. The maximum Gasteiger partial charge on any atom is 0.299 e. The fourth-order valence-corrected chi connectivity index (χ4v) is 2.58. The first-order valence-electron chi connectivity index (χ1n) is 7.55. The van der Waals surface area contributed by atoms with Gasteiger partial charge in [0.15, 0.2) is 5.58 Å². The van der Waals surface area contributed by atoms with E-state index in [2.05, 4.69) is 22.0 Å². The van der Waals surface area contributed by atoms with E-state index in [1.165, 1.54) is 5.56 Å². The minimum Gasteiger partial charge on any atom is -0.467 e. The second-order valence-corrected chi connectivity index (χ2v) is 5.39. The van der Waals surface area contributed by atoms with Crippen molar-refractivity contribution in [3.63, 3.8) is 0 Å². The second-order valence-electron chi connectivity index (χ2n) is 5.39. The predicted molar refractivity (Wildman–Crippen MR) is 89.0 cm³/mol. The Bertz CT molecular complexity index is 849. The van der Waals surface area contributed by atoms with Crippen LogP contribution in [0.3, 0.4) is 0 Å². The summed E-state index contributed by atoms with van der Waals surface area (Å²) in [5.41, 5.74) is 2.85. The van der Waals surface area contributed by atoms with Crippen LogP contribution >= 0.6 is 0 Å². The number of benzene rings is 2. The molecule has 0 aliphatic heterocycles. The van der Waals surface area contributed by atoms with Gasteiger partial charge in [-0.05, 0) is 29.8 Å². The summed E-state index contributed by atoms with van der Waals surface area (Å²) in [6.07, 6.45) is 1.68. The molecule has 23 heavy (non-hydrogen) atoms. The Hall–Kier alpha value is -3.01. The van der Waals surface area contributed by atoms with Crippen LogP contribution in [-0.4, -0.2) is 4.98 Å². The van der Waals surface area contributed by atoms with E-state index in [0.717, 1.165) is 16.9 Å². The lowest BCUT2D eigenvalue weighted by Gasteiger charge is -2.19. The van der Waals surface area contributed by atoms with Gasteiger partial charge in [-0.3, -0.25) is 0 Å². The summed E-state index contributed by atoms with van der Waals surface area (Å²) in [5, 5.41) is 0. The molecule has 0 atom stereocenters. The Kier molecular flexibility index (Phi) is 3.56. The summed E-state index contributed by atoms with van der Waals surface area (Å²) in [4.78, 5) is 6.68. The molecule has 0 fully saturated rings. The summed E-state index contributed by atoms with van der Waals surface area (Å²) in [5.74, 6) is 0.878. The molecular formula is C19H16N2O2. The van der Waals surface area contributed by atoms with Crippen LogP contribution in [0.25, 0.3) is 11.1 Å². The molecule has 4 heteroatoms. The average Bonchev–Trinajstić information content (AvgIpc) is 3.24. The van der Waals surface area contributed by atoms with E-state index in [1.54, 1.807) is 6.26 Å². The van der Waals surface area contributed by atoms with Crippen molar-refractivity contribution < 1.29 is 8.83 Å². The van der Waals surface area contributed by atoms with Crippen molar-refractivity contribution >= 4 is 17.1 Å². The Morgan fingerprint density at radius 1 is 0.826 bits per heavy atom. The van der Waals surface area contributed by atoms with Crippen LogP contribution in [0.1, 0.15) is 11.3 Å². The van der Waals surface area contributed by atoms with E-state index < -0.39 is 0 Å². The summed E-state index contributed by atoms with van der Waals surface area (Å²) in [6, 6.07) is 22.5. The van der Waals surface area contributed by atoms with Gasteiger partial charge in [0.25, 0.3) is 6.01 Å². The molecule has 2 heterocycles. The van der Waals surface area contributed by atoms with Gasteiger partial charge in [-0.25, -0.2) is 0 Å². The monoisotopic (exact) mass is 304 g/mol. The molecule has 2 aromatic heterocycles. The molecule has 0 aliphatic carbocycles. The van der Waals surface area contributed by atoms with Crippen molar-refractivity contribution in [2.45, 2.75) is 13.1 Å². The lowest BCUT2D eigenvalue weighted by atomic mass is 10.2. The van der Waals surface area contributed by atoms with E-state index >= 15 is 0 Å². The number of aromatic nitrogens is 1. The number of hydrogen-bond donors (Lipinski definition) is 0. The lowest BCUT2D eigenvalue weighted by Crippen LogP contribution is -2.22. The fraction of sp³-hybridized carbons (Fsp3) is 0.105. The predicted octanol–water partition coefficient (Wildman–Crippen LogP) is 4.63. The molecule has 0 spiro atoms. The summed E-state index contributed by atoms with van der Waals surface area (Å²) >= 11 is 0. The van der Waals surface area contributed by atoms with Gasteiger partial charge in [0.1, 0.15) is 11.3 Å². The molecule has 4 rings (SSSR count). The van der Waals surface area contributed by atoms with Gasteiger partial charge in [-0.2, -0.15) is 4.98 Å². The lowest BCUT2D eigenvalue weighted by molar-refractivity contribution is 0.484. The third-order valence-electron chi connectivity index (χ3n) is 3.70. The molecular weight excluding hydrogens is 288 g/mol. The first-order chi connectivity index (χ1) is 11.4. The molecule has 0 aliphatic rings. The van der Waals surface area contributed by atoms with Crippen molar-refractivity contribution in [1.82, 2.24) is 4.98 Å². The summed E-state index contributed by atoms with van der Waals surface area (Å²) < 4.78 is 11.4. The number of fused-ring (bicyclic) bond motifs is 1. The molecule has 4 aromatic rings. The van der Waals surface area contributed by atoms with Gasteiger partial charge in [0.2, 0.25) is 0 Å². The van der Waals surface area contributed by atoms with Gasteiger partial charge in [-0.1, -0.05) is 42.5 Å². The smallest absolute Gasteiger partial charge is 0.299 e. The third kappa shape index (κ3) is 2.97. The molecule has 0 saturated carbocycles. The second kappa shape index (κ2) is 6.01. The number of rotatable bonds is 5. The standard InChI is InChI=1S/C19H16N2O2/c1-2-7-15(8-3-1)13-21(14-16-9-6-12-22-16)19-20-17-10-4-5-11-18(17)23-19/h1-12H,13-14H2. The first-order valence-corrected chi connectivity index (χ1v) is 7.55. The van der Waals surface area contributed by atoms with Crippen LogP contribution in [0.2, 0.25) is 0 Å². The van der Waals surface area contributed by atoms with Gasteiger partial charge in [0, 0.05) is 6.54 Å². The topological polar surface area (TPSA) is 42.4 Å². The maximum atomic E-state index is 5.92. The SMILES string of the molecule is c1ccc(CN(Cc2ccco2)c2nc3ccccc3o2)cc1. The van der Waals surface area contributed by atoms with Crippen LogP contribution in [0.4, 0.5) is 6.01 Å². The van der Waals surface area contributed by atoms with Gasteiger partial charge in [-0.15, -0.1) is 0 Å². The Morgan fingerprint density at radius 2 is 1.65 bits per heavy atom. The van der Waals surface area contributed by atoms with Gasteiger partial charge < -0.3 is 13.7 Å². The maximum absolute atomic E-state index is 5.92. The number of nitrogens with zero attached hydrogens (tertiary/aromatic N) is 2. The van der Waals surface area contributed by atoms with E-state index in [-0.39, 0.29) is 0 Å². The highest BCUT2D eigenvalue weighted by Gasteiger charge is 2.16. The first kappa shape index (κ1) is 13.6. The normalized spacial score (nSPS) is 11.0. The van der Waals surface area contributed by atoms with Gasteiger partial charge in [0.05, 0.1) is 12.8 Å². The van der Waals surface area contributed by atoms with Crippen LogP contribution in [0.15, 0.2) is 81.8 Å². The van der Waals surface area contributed by atoms with Gasteiger partial charge >= 0.3 is 0 Å². The zero-order valence-corrected chi connectivity index (χ0v) is 12.6. The van der Waals surface area contributed by atoms with Crippen molar-refractivity contribution in [1.29, 1.82) is 0 Å². The number of oxazole rings is 1. The number of hydrogen-bond acceptors (Lipinski definition) is 4. The molecule has 0 radical (unpaired) electrons. The third-order valence-corrected chi connectivity index (χ3v) is 3.70. The fourth-order valence-electron chi connectivity index (χ4n) is 2.58. The zero-order chi connectivity index (χ0) is 15.5. The molecule has 0 bridgehead atoms. The van der Waals surface area contributed by atoms with Crippen LogP contribution in [0, 0.1) is 0 Å². The molecule has 114 valence electrons. The Morgan fingerprint density at radius 3 is 2.43 bits per heavy atom. The van der Waals surface area contributed by atoms with Crippen molar-refractivity contribution in [2.24, 2.45) is 0 Å². The van der Waals surface area contributed by atoms with E-state index in [1.807, 2.05) is 54.6 Å². The number of anilines is 1. The number of para-hydroxylation sites is 2. The Balaban J connectivity index is 1.68. The molecule has 0 amide bonds. The minimum absolute atomic E-state index is 0.603. The van der Waals surface area contributed by atoms with Crippen molar-refractivity contribution in [2.75, 3.05) is 4.90 Å². The summed E-state index contributed by atoms with van der Waals surface area (Å²) in [7, 11) is 0. The molecule has 0 N–H and O–H groups in total. The molecule has 4 nitrogen and oxygen atoms in total.